The van der Waals surface area contributed by atoms with Crippen molar-refractivity contribution >= 4 is 40.7 Å². The highest BCUT2D eigenvalue weighted by Crippen LogP contribution is 2.26. The second-order valence-corrected chi connectivity index (χ2v) is 6.31. The van der Waals surface area contributed by atoms with Crippen molar-refractivity contribution in [3.63, 3.8) is 0 Å². The van der Waals surface area contributed by atoms with Crippen LogP contribution < -0.4 is 16.8 Å². The summed E-state index contributed by atoms with van der Waals surface area (Å²) in [5.41, 5.74) is 16.3. The number of aromatic nitrogens is 2. The molecule has 3 aromatic rings. The first-order chi connectivity index (χ1) is 11.6. The zero-order chi connectivity index (χ0) is 16.7. The molecule has 1 heterocycles. The van der Waals surface area contributed by atoms with E-state index in [-0.39, 0.29) is 12.4 Å². The number of nitrogens with one attached hydrogen (secondary N) is 3. The lowest BCUT2D eigenvalue weighted by molar-refractivity contribution is 0.383. The van der Waals surface area contributed by atoms with Gasteiger partial charge in [-0.3, -0.25) is 5.41 Å². The van der Waals surface area contributed by atoms with E-state index >= 15 is 0 Å². The molecule has 130 valence electrons. The molecule has 4 rings (SSSR count). The molecule has 0 radical (unpaired) electrons. The molecule has 0 spiro atoms. The van der Waals surface area contributed by atoms with E-state index in [0.29, 0.717) is 23.3 Å². The minimum absolute atomic E-state index is 0. The molecule has 7 N–H and O–H groups in total. The quantitative estimate of drug-likeness (QED) is 0.281. The minimum atomic E-state index is 0. The molecular formula is C18H21ClN6. The van der Waals surface area contributed by atoms with Crippen molar-refractivity contribution in [1.82, 2.24) is 15.3 Å². The van der Waals surface area contributed by atoms with Gasteiger partial charge in [-0.25, -0.2) is 4.98 Å². The number of halogens is 1. The smallest absolute Gasteiger partial charge is 0.138 e. The molecular weight excluding hydrogens is 336 g/mol. The van der Waals surface area contributed by atoms with Gasteiger partial charge in [0, 0.05) is 17.2 Å². The summed E-state index contributed by atoms with van der Waals surface area (Å²) in [6, 6.07) is 11.8. The third-order valence-electron chi connectivity index (χ3n) is 4.58. The molecule has 0 amide bonds. The summed E-state index contributed by atoms with van der Waals surface area (Å²) in [6.07, 6.45) is 3.55. The maximum absolute atomic E-state index is 8.22. The van der Waals surface area contributed by atoms with E-state index in [0.717, 1.165) is 40.8 Å². The third kappa shape index (κ3) is 3.25. The fourth-order valence-corrected chi connectivity index (χ4v) is 2.86. The molecule has 7 heteroatoms. The Morgan fingerprint density at radius 2 is 1.92 bits per heavy atom. The van der Waals surface area contributed by atoms with Crippen LogP contribution in [0.3, 0.4) is 0 Å². The SMILES string of the molecule is Cl.N=C(NC1CCC1)c1ccc2nc(-c3ccc(N)c(N)c3)[nH]c2c1. The van der Waals surface area contributed by atoms with E-state index in [1.54, 1.807) is 6.07 Å². The predicted octanol–water partition coefficient (Wildman–Crippen LogP) is 3.28. The van der Waals surface area contributed by atoms with Gasteiger partial charge in [-0.2, -0.15) is 0 Å². The average Bonchev–Trinajstić information content (AvgIpc) is 2.96. The van der Waals surface area contributed by atoms with Gasteiger partial charge in [0.2, 0.25) is 0 Å². The number of anilines is 2. The van der Waals surface area contributed by atoms with E-state index in [1.165, 1.54) is 6.42 Å². The Labute approximate surface area is 151 Å². The van der Waals surface area contributed by atoms with Crippen LogP contribution in [0.15, 0.2) is 36.4 Å². The molecule has 0 aliphatic heterocycles. The normalized spacial score (nSPS) is 13.9. The Bertz CT molecular complexity index is 928. The van der Waals surface area contributed by atoms with Crippen LogP contribution >= 0.6 is 12.4 Å². The fraction of sp³-hybridized carbons (Fsp3) is 0.222. The number of benzene rings is 2. The topological polar surface area (TPSA) is 117 Å². The van der Waals surface area contributed by atoms with Crippen LogP contribution in [0.25, 0.3) is 22.4 Å². The summed E-state index contributed by atoms with van der Waals surface area (Å²) in [7, 11) is 0. The van der Waals surface area contributed by atoms with Crippen molar-refractivity contribution in [2.45, 2.75) is 25.3 Å². The Balaban J connectivity index is 0.00000182. The van der Waals surface area contributed by atoms with Gasteiger partial charge in [0.05, 0.1) is 22.4 Å². The molecule has 1 saturated carbocycles. The monoisotopic (exact) mass is 356 g/mol. The van der Waals surface area contributed by atoms with Gasteiger partial charge < -0.3 is 21.8 Å². The highest BCUT2D eigenvalue weighted by atomic mass is 35.5. The van der Waals surface area contributed by atoms with Crippen LogP contribution in [0.2, 0.25) is 0 Å². The van der Waals surface area contributed by atoms with Crippen LogP contribution in [0.4, 0.5) is 11.4 Å². The number of aromatic amines is 1. The summed E-state index contributed by atoms with van der Waals surface area (Å²) in [6.45, 7) is 0. The predicted molar refractivity (Wildman–Crippen MR) is 105 cm³/mol. The van der Waals surface area contributed by atoms with Gasteiger partial charge in [-0.15, -0.1) is 12.4 Å². The van der Waals surface area contributed by atoms with Gasteiger partial charge in [0.25, 0.3) is 0 Å². The maximum atomic E-state index is 8.22. The zero-order valence-electron chi connectivity index (χ0n) is 13.7. The lowest BCUT2D eigenvalue weighted by Gasteiger charge is -2.27. The van der Waals surface area contributed by atoms with Crippen LogP contribution in [0.5, 0.6) is 0 Å². The molecule has 1 aromatic heterocycles. The minimum Gasteiger partial charge on any atom is -0.397 e. The summed E-state index contributed by atoms with van der Waals surface area (Å²) in [4.78, 5) is 7.90. The summed E-state index contributed by atoms with van der Waals surface area (Å²) in [5, 5.41) is 11.5. The van der Waals surface area contributed by atoms with Gasteiger partial charge in [0.15, 0.2) is 0 Å². The zero-order valence-corrected chi connectivity index (χ0v) is 14.5. The fourth-order valence-electron chi connectivity index (χ4n) is 2.86. The number of H-pyrrole nitrogens is 1. The number of fused-ring (bicyclic) bond motifs is 1. The van der Waals surface area contributed by atoms with Crippen molar-refractivity contribution in [3.8, 4) is 11.4 Å². The van der Waals surface area contributed by atoms with E-state index < -0.39 is 0 Å². The van der Waals surface area contributed by atoms with E-state index in [1.807, 2.05) is 30.3 Å². The molecule has 1 aliphatic carbocycles. The first-order valence-corrected chi connectivity index (χ1v) is 8.11. The number of imidazole rings is 1. The number of nitrogen functional groups attached to an aromatic ring is 2. The van der Waals surface area contributed by atoms with E-state index in [4.69, 9.17) is 16.9 Å². The molecule has 0 bridgehead atoms. The Morgan fingerprint density at radius 1 is 1.12 bits per heavy atom. The first-order valence-electron chi connectivity index (χ1n) is 8.11. The maximum Gasteiger partial charge on any atom is 0.138 e. The average molecular weight is 357 g/mol. The molecule has 0 atom stereocenters. The van der Waals surface area contributed by atoms with Gasteiger partial charge >= 0.3 is 0 Å². The Hall–Kier alpha value is -2.73. The Morgan fingerprint density at radius 3 is 2.60 bits per heavy atom. The van der Waals surface area contributed by atoms with Crippen LogP contribution in [0, 0.1) is 5.41 Å². The van der Waals surface area contributed by atoms with Gasteiger partial charge in [0.1, 0.15) is 11.7 Å². The number of nitrogens with zero attached hydrogens (tertiary/aromatic N) is 1. The molecule has 1 fully saturated rings. The van der Waals surface area contributed by atoms with Gasteiger partial charge in [-0.1, -0.05) is 0 Å². The largest absolute Gasteiger partial charge is 0.397 e. The third-order valence-corrected chi connectivity index (χ3v) is 4.58. The summed E-state index contributed by atoms with van der Waals surface area (Å²) < 4.78 is 0. The summed E-state index contributed by atoms with van der Waals surface area (Å²) in [5.74, 6) is 1.21. The number of hydrogen-bond acceptors (Lipinski definition) is 4. The molecule has 0 saturated heterocycles. The number of rotatable bonds is 3. The van der Waals surface area contributed by atoms with Crippen molar-refractivity contribution in [2.75, 3.05) is 11.5 Å². The number of hydrogen-bond donors (Lipinski definition) is 5. The molecule has 2 aromatic carbocycles. The first kappa shape index (κ1) is 17.1. The van der Waals surface area contributed by atoms with Crippen molar-refractivity contribution in [3.05, 3.63) is 42.0 Å². The molecule has 25 heavy (non-hydrogen) atoms. The molecule has 6 nitrogen and oxygen atoms in total. The number of amidine groups is 1. The second kappa shape index (κ2) is 6.64. The van der Waals surface area contributed by atoms with Crippen LogP contribution in [-0.2, 0) is 0 Å². The Kier molecular flexibility index (Phi) is 4.55. The second-order valence-electron chi connectivity index (χ2n) is 6.31. The molecule has 0 unspecified atom stereocenters. The highest BCUT2D eigenvalue weighted by molar-refractivity contribution is 5.99. The highest BCUT2D eigenvalue weighted by Gasteiger charge is 2.18. The van der Waals surface area contributed by atoms with Gasteiger partial charge in [-0.05, 0) is 55.7 Å². The summed E-state index contributed by atoms with van der Waals surface area (Å²) >= 11 is 0. The number of nitrogens with two attached hydrogens (primary N) is 2. The van der Waals surface area contributed by atoms with Crippen molar-refractivity contribution in [2.24, 2.45) is 0 Å². The van der Waals surface area contributed by atoms with E-state index in [9.17, 15) is 0 Å². The standard InChI is InChI=1S/C18H20N6.ClH/c19-13-6-4-11(8-14(13)20)18-23-15-7-5-10(9-16(15)24-18)17(21)22-12-2-1-3-12;/h4-9,12H,1-3,19-20H2,(H2,21,22)(H,23,24);1H. The lowest BCUT2D eigenvalue weighted by atomic mass is 9.93. The van der Waals surface area contributed by atoms with E-state index in [2.05, 4.69) is 15.3 Å². The lowest BCUT2D eigenvalue weighted by Crippen LogP contribution is -2.39. The van der Waals surface area contributed by atoms with Crippen LogP contribution in [-0.4, -0.2) is 21.8 Å². The van der Waals surface area contributed by atoms with Crippen LogP contribution in [0.1, 0.15) is 24.8 Å². The van der Waals surface area contributed by atoms with Crippen molar-refractivity contribution in [1.29, 1.82) is 5.41 Å². The molecule has 1 aliphatic rings. The van der Waals surface area contributed by atoms with Crippen molar-refractivity contribution < 1.29 is 0 Å².